The highest BCUT2D eigenvalue weighted by Gasteiger charge is 2.30. The second-order valence-electron chi connectivity index (χ2n) is 9.20. The summed E-state index contributed by atoms with van der Waals surface area (Å²) >= 11 is 0. The Morgan fingerprint density at radius 2 is 1.64 bits per heavy atom. The number of nitrogens with one attached hydrogen (secondary N) is 3. The van der Waals surface area contributed by atoms with Crippen LogP contribution in [0.2, 0.25) is 0 Å². The van der Waals surface area contributed by atoms with Gasteiger partial charge >= 0.3 is 0 Å². The van der Waals surface area contributed by atoms with E-state index < -0.39 is 10.0 Å². The van der Waals surface area contributed by atoms with E-state index in [-0.39, 0.29) is 28.7 Å². The first-order valence-electron chi connectivity index (χ1n) is 12.1. The van der Waals surface area contributed by atoms with Gasteiger partial charge in [0, 0.05) is 31.6 Å². The molecule has 0 spiro atoms. The maximum Gasteiger partial charge on any atom is 0.240 e. The lowest BCUT2D eigenvalue weighted by Crippen LogP contribution is -2.52. The predicted octanol–water partition coefficient (Wildman–Crippen LogP) is 3.21. The Morgan fingerprint density at radius 3 is 2.31 bits per heavy atom. The highest BCUT2D eigenvalue weighted by Crippen LogP contribution is 2.26. The fraction of sp³-hybridized carbons (Fsp3) is 0.321. The van der Waals surface area contributed by atoms with E-state index in [0.717, 1.165) is 22.4 Å². The Balaban J connectivity index is 1.40. The quantitative estimate of drug-likeness (QED) is 0.413. The summed E-state index contributed by atoms with van der Waals surface area (Å²) < 4.78 is 33.7. The minimum atomic E-state index is -3.66. The fourth-order valence-corrected chi connectivity index (χ4v) is 5.78. The number of methoxy groups -OCH3 is 1. The molecular weight excluding hydrogens is 474 g/mol. The topological polar surface area (TPSA) is 96.5 Å². The number of sulfonamides is 1. The zero-order valence-electron chi connectivity index (χ0n) is 20.6. The largest absolute Gasteiger partial charge is 0.497 e. The molecule has 8 heteroatoms. The number of aryl methyl sites for hydroxylation is 1. The molecule has 3 aromatic carbocycles. The van der Waals surface area contributed by atoms with Gasteiger partial charge in [-0.25, -0.2) is 13.1 Å². The highest BCUT2D eigenvalue weighted by atomic mass is 32.2. The SMILES string of the molecule is COc1ccc(C(CNC(=O)[C@@H]2CNC[C@H](NS(=O)(=O)c3ccc(C)cc3)C2)c2ccccc2)cc1. The van der Waals surface area contributed by atoms with Gasteiger partial charge in [0.05, 0.1) is 17.9 Å². The normalized spacial score (nSPS) is 18.8. The van der Waals surface area contributed by atoms with Crippen molar-refractivity contribution in [2.24, 2.45) is 5.92 Å². The molecule has 190 valence electrons. The van der Waals surface area contributed by atoms with Crippen LogP contribution >= 0.6 is 0 Å². The number of benzene rings is 3. The summed E-state index contributed by atoms with van der Waals surface area (Å²) in [4.78, 5) is 13.4. The van der Waals surface area contributed by atoms with Gasteiger partial charge in [-0.15, -0.1) is 0 Å². The van der Waals surface area contributed by atoms with Crippen LogP contribution < -0.4 is 20.1 Å². The van der Waals surface area contributed by atoms with Crippen molar-refractivity contribution in [2.45, 2.75) is 30.2 Å². The third kappa shape index (κ3) is 6.51. The molecule has 36 heavy (non-hydrogen) atoms. The van der Waals surface area contributed by atoms with Crippen molar-refractivity contribution in [1.29, 1.82) is 0 Å². The number of hydrogen-bond acceptors (Lipinski definition) is 5. The number of piperidine rings is 1. The number of carbonyl (C=O) groups excluding carboxylic acids is 1. The summed E-state index contributed by atoms with van der Waals surface area (Å²) in [6, 6.07) is 24.3. The van der Waals surface area contributed by atoms with E-state index in [1.54, 1.807) is 31.4 Å². The van der Waals surface area contributed by atoms with E-state index in [4.69, 9.17) is 4.74 Å². The van der Waals surface area contributed by atoms with Crippen molar-refractivity contribution in [3.63, 3.8) is 0 Å². The molecule has 1 fully saturated rings. The summed E-state index contributed by atoms with van der Waals surface area (Å²) in [5.74, 6) is 0.336. The van der Waals surface area contributed by atoms with Crippen LogP contribution in [0.15, 0.2) is 83.8 Å². The van der Waals surface area contributed by atoms with Gasteiger partial charge in [-0.2, -0.15) is 0 Å². The van der Waals surface area contributed by atoms with Crippen LogP contribution in [-0.4, -0.2) is 47.1 Å². The Bertz CT molecular complexity index is 1250. The minimum absolute atomic E-state index is 0.0200. The maximum absolute atomic E-state index is 13.1. The zero-order chi connectivity index (χ0) is 25.5. The zero-order valence-corrected chi connectivity index (χ0v) is 21.4. The second kappa shape index (κ2) is 11.7. The first kappa shape index (κ1) is 25.9. The van der Waals surface area contributed by atoms with Crippen molar-refractivity contribution in [3.8, 4) is 5.75 Å². The van der Waals surface area contributed by atoms with Crippen LogP contribution in [-0.2, 0) is 14.8 Å². The van der Waals surface area contributed by atoms with Crippen molar-refractivity contribution in [2.75, 3.05) is 26.7 Å². The molecule has 0 bridgehead atoms. The van der Waals surface area contributed by atoms with Gasteiger partial charge in [-0.3, -0.25) is 4.79 Å². The summed E-state index contributed by atoms with van der Waals surface area (Å²) in [5, 5.41) is 6.32. The molecule has 3 N–H and O–H groups in total. The van der Waals surface area contributed by atoms with E-state index >= 15 is 0 Å². The lowest BCUT2D eigenvalue weighted by molar-refractivity contribution is -0.125. The minimum Gasteiger partial charge on any atom is -0.497 e. The molecule has 1 unspecified atom stereocenters. The predicted molar refractivity (Wildman–Crippen MR) is 141 cm³/mol. The van der Waals surface area contributed by atoms with Crippen LogP contribution in [0.3, 0.4) is 0 Å². The molecule has 1 amide bonds. The van der Waals surface area contributed by atoms with E-state index in [2.05, 4.69) is 27.5 Å². The number of hydrogen-bond donors (Lipinski definition) is 3. The van der Waals surface area contributed by atoms with Crippen LogP contribution in [0.1, 0.15) is 29.0 Å². The lowest BCUT2D eigenvalue weighted by atomic mass is 9.90. The van der Waals surface area contributed by atoms with Gasteiger partial charge < -0.3 is 15.4 Å². The van der Waals surface area contributed by atoms with E-state index in [1.807, 2.05) is 49.4 Å². The average molecular weight is 508 g/mol. The first-order chi connectivity index (χ1) is 17.4. The fourth-order valence-electron chi connectivity index (χ4n) is 4.53. The molecular formula is C28H33N3O4S. The number of rotatable bonds is 9. The Kier molecular flexibility index (Phi) is 8.40. The van der Waals surface area contributed by atoms with Gasteiger partial charge in [0.15, 0.2) is 0 Å². The first-order valence-corrected chi connectivity index (χ1v) is 13.6. The highest BCUT2D eigenvalue weighted by molar-refractivity contribution is 7.89. The van der Waals surface area contributed by atoms with Crippen molar-refractivity contribution in [1.82, 2.24) is 15.4 Å². The molecule has 3 atom stereocenters. The Hall–Kier alpha value is -3.20. The summed E-state index contributed by atoms with van der Waals surface area (Å²) in [6.07, 6.45) is 0.433. The van der Waals surface area contributed by atoms with E-state index in [1.165, 1.54) is 0 Å². The third-order valence-electron chi connectivity index (χ3n) is 6.57. The summed E-state index contributed by atoms with van der Waals surface area (Å²) in [6.45, 7) is 3.33. The van der Waals surface area contributed by atoms with E-state index in [9.17, 15) is 13.2 Å². The van der Waals surface area contributed by atoms with Crippen molar-refractivity contribution >= 4 is 15.9 Å². The maximum atomic E-state index is 13.1. The van der Waals surface area contributed by atoms with Gasteiger partial charge in [0.1, 0.15) is 5.75 Å². The second-order valence-corrected chi connectivity index (χ2v) is 10.9. The smallest absolute Gasteiger partial charge is 0.240 e. The lowest BCUT2D eigenvalue weighted by Gasteiger charge is -2.30. The van der Waals surface area contributed by atoms with Crippen molar-refractivity contribution < 1.29 is 17.9 Å². The molecule has 0 aromatic heterocycles. The van der Waals surface area contributed by atoms with Gasteiger partial charge in [0.2, 0.25) is 15.9 Å². The molecule has 3 aromatic rings. The molecule has 4 rings (SSSR count). The molecule has 1 aliphatic rings. The number of amides is 1. The Labute approximate surface area is 213 Å². The molecule has 0 aliphatic carbocycles. The molecule has 1 heterocycles. The number of carbonyl (C=O) groups is 1. The van der Waals surface area contributed by atoms with Crippen LogP contribution in [0.25, 0.3) is 0 Å². The summed E-state index contributed by atoms with van der Waals surface area (Å²) in [7, 11) is -2.03. The molecule has 0 saturated carbocycles. The summed E-state index contributed by atoms with van der Waals surface area (Å²) in [5.41, 5.74) is 3.18. The Morgan fingerprint density at radius 1 is 0.972 bits per heavy atom. The standard InChI is InChI=1S/C28H33N3O4S/c1-20-8-14-26(15-9-20)36(33,34)31-24-16-23(17-29-18-24)28(32)30-19-27(21-6-4-3-5-7-21)22-10-12-25(35-2)13-11-22/h3-15,23-24,27,29,31H,16-19H2,1-2H3,(H,30,32)/t23-,24+,27?/m0/s1. The van der Waals surface area contributed by atoms with Gasteiger partial charge in [-0.1, -0.05) is 60.2 Å². The van der Waals surface area contributed by atoms with Crippen LogP contribution in [0.5, 0.6) is 5.75 Å². The molecule has 0 radical (unpaired) electrons. The van der Waals surface area contributed by atoms with E-state index in [0.29, 0.717) is 26.1 Å². The van der Waals surface area contributed by atoms with Crippen LogP contribution in [0, 0.1) is 12.8 Å². The van der Waals surface area contributed by atoms with Gasteiger partial charge in [-0.05, 0) is 48.7 Å². The van der Waals surface area contributed by atoms with Gasteiger partial charge in [0.25, 0.3) is 0 Å². The third-order valence-corrected chi connectivity index (χ3v) is 8.11. The monoisotopic (exact) mass is 507 g/mol. The van der Waals surface area contributed by atoms with Crippen molar-refractivity contribution in [3.05, 3.63) is 95.6 Å². The van der Waals surface area contributed by atoms with Crippen LogP contribution in [0.4, 0.5) is 0 Å². The average Bonchev–Trinajstić information content (AvgIpc) is 2.90. The molecule has 1 aliphatic heterocycles. The molecule has 7 nitrogen and oxygen atoms in total. The number of ether oxygens (including phenoxy) is 1. The molecule has 1 saturated heterocycles.